The molecule has 0 fully saturated rings. The van der Waals surface area contributed by atoms with Gasteiger partial charge in [0.25, 0.3) is 0 Å². The molecule has 2 aromatic rings. The molecule has 2 aromatic carbocycles. The molecular weight excluding hydrogens is 250 g/mol. The predicted octanol–water partition coefficient (Wildman–Crippen LogP) is 2.34. The highest BCUT2D eigenvalue weighted by Gasteiger charge is 2.06. The van der Waals surface area contributed by atoms with Gasteiger partial charge in [-0.2, -0.15) is 0 Å². The van der Waals surface area contributed by atoms with Gasteiger partial charge in [-0.15, -0.1) is 11.6 Å². The van der Waals surface area contributed by atoms with Crippen LogP contribution in [0.25, 0.3) is 10.8 Å². The maximum absolute atomic E-state index is 9.44. The smallest absolute Gasteiger partial charge is 0.0847 e. The van der Waals surface area contributed by atoms with E-state index in [4.69, 9.17) is 11.6 Å². The fourth-order valence-corrected chi connectivity index (χ4v) is 1.97. The zero-order valence-electron chi connectivity index (χ0n) is 9.94. The van der Waals surface area contributed by atoms with E-state index in [9.17, 15) is 10.2 Å². The lowest BCUT2D eigenvalue weighted by Crippen LogP contribution is -2.21. The molecule has 0 radical (unpaired) electrons. The summed E-state index contributed by atoms with van der Waals surface area (Å²) in [6.07, 6.45) is -0.593. The number of halogens is 1. The number of aliphatic hydroxyl groups is 2. The maximum Gasteiger partial charge on any atom is 0.0847 e. The minimum absolute atomic E-state index is 0.0376. The van der Waals surface area contributed by atoms with E-state index in [1.807, 2.05) is 36.4 Å². The first-order valence-electron chi connectivity index (χ1n) is 5.85. The van der Waals surface area contributed by atoms with E-state index >= 15 is 0 Å². The second-order valence-electron chi connectivity index (χ2n) is 4.20. The van der Waals surface area contributed by atoms with Gasteiger partial charge in [-0.05, 0) is 22.9 Å². The van der Waals surface area contributed by atoms with Crippen molar-refractivity contribution in [2.24, 2.45) is 0 Å². The molecule has 3 N–H and O–H groups in total. The number of aliphatic hydroxyl groups excluding tert-OH is 2. The first-order chi connectivity index (χ1) is 8.74. The van der Waals surface area contributed by atoms with E-state index in [0.29, 0.717) is 6.54 Å². The van der Waals surface area contributed by atoms with Gasteiger partial charge in [0.15, 0.2) is 0 Å². The van der Waals surface area contributed by atoms with Crippen molar-refractivity contribution in [3.8, 4) is 0 Å². The monoisotopic (exact) mass is 265 g/mol. The number of rotatable bonds is 5. The third-order valence-corrected chi connectivity index (χ3v) is 3.20. The fraction of sp³-hybridized carbons (Fsp3) is 0.286. The summed E-state index contributed by atoms with van der Waals surface area (Å²) in [7, 11) is 0. The Kier molecular flexibility index (Phi) is 4.42. The number of alkyl halides is 1. The van der Waals surface area contributed by atoms with E-state index in [2.05, 4.69) is 5.32 Å². The minimum atomic E-state index is -0.593. The summed E-state index contributed by atoms with van der Waals surface area (Å²) < 4.78 is 0. The fourth-order valence-electron chi connectivity index (χ4n) is 1.87. The Labute approximate surface area is 111 Å². The number of fused-ring (bicyclic) bond motifs is 1. The molecule has 0 aliphatic rings. The van der Waals surface area contributed by atoms with Crippen molar-refractivity contribution in [3.05, 3.63) is 42.0 Å². The third-order valence-electron chi connectivity index (χ3n) is 2.85. The Morgan fingerprint density at radius 3 is 2.44 bits per heavy atom. The first-order valence-corrected chi connectivity index (χ1v) is 6.38. The van der Waals surface area contributed by atoms with Crippen molar-refractivity contribution in [1.82, 2.24) is 0 Å². The summed E-state index contributed by atoms with van der Waals surface area (Å²) in [6, 6.07) is 11.9. The largest absolute Gasteiger partial charge is 0.392 e. The normalized spacial score (nSPS) is 12.6. The van der Waals surface area contributed by atoms with Gasteiger partial charge in [0, 0.05) is 17.8 Å². The van der Waals surface area contributed by atoms with Crippen LogP contribution >= 0.6 is 11.6 Å². The summed E-state index contributed by atoms with van der Waals surface area (Å²) in [5.41, 5.74) is 1.65. The quantitative estimate of drug-likeness (QED) is 0.728. The van der Waals surface area contributed by atoms with Crippen molar-refractivity contribution in [2.45, 2.75) is 12.7 Å². The summed E-state index contributed by atoms with van der Waals surface area (Å²) >= 11 is 5.55. The van der Waals surface area contributed by atoms with E-state index < -0.39 is 6.10 Å². The SMILES string of the molecule is OCc1cc2ccccc2cc1NCC(O)CCl. The Bertz CT molecular complexity index is 530. The molecule has 0 aromatic heterocycles. The molecule has 1 atom stereocenters. The minimum Gasteiger partial charge on any atom is -0.392 e. The number of hydrogen-bond donors (Lipinski definition) is 3. The predicted molar refractivity (Wildman–Crippen MR) is 75.1 cm³/mol. The first kappa shape index (κ1) is 13.1. The third kappa shape index (κ3) is 2.93. The molecule has 0 aliphatic carbocycles. The van der Waals surface area contributed by atoms with Gasteiger partial charge in [0.05, 0.1) is 18.6 Å². The van der Waals surface area contributed by atoms with Crippen LogP contribution in [0, 0.1) is 0 Å². The average molecular weight is 266 g/mol. The lowest BCUT2D eigenvalue weighted by atomic mass is 10.1. The van der Waals surface area contributed by atoms with Crippen LogP contribution in [0.5, 0.6) is 0 Å². The average Bonchev–Trinajstić information content (AvgIpc) is 2.43. The molecule has 0 spiro atoms. The van der Waals surface area contributed by atoms with Crippen molar-refractivity contribution in [1.29, 1.82) is 0 Å². The van der Waals surface area contributed by atoms with Gasteiger partial charge in [-0.3, -0.25) is 0 Å². The lowest BCUT2D eigenvalue weighted by Gasteiger charge is -2.14. The topological polar surface area (TPSA) is 52.5 Å². The highest BCUT2D eigenvalue weighted by Crippen LogP contribution is 2.24. The Balaban J connectivity index is 2.30. The van der Waals surface area contributed by atoms with Crippen LogP contribution in [0.1, 0.15) is 5.56 Å². The maximum atomic E-state index is 9.44. The van der Waals surface area contributed by atoms with Crippen LogP contribution < -0.4 is 5.32 Å². The van der Waals surface area contributed by atoms with Gasteiger partial charge >= 0.3 is 0 Å². The van der Waals surface area contributed by atoms with E-state index in [1.165, 1.54) is 0 Å². The van der Waals surface area contributed by atoms with Crippen LogP contribution in [-0.2, 0) is 6.61 Å². The zero-order chi connectivity index (χ0) is 13.0. The summed E-state index contributed by atoms with van der Waals surface area (Å²) in [6.45, 7) is 0.332. The summed E-state index contributed by atoms with van der Waals surface area (Å²) in [5.74, 6) is 0.190. The molecule has 0 amide bonds. The molecule has 0 bridgehead atoms. The van der Waals surface area contributed by atoms with E-state index in [-0.39, 0.29) is 12.5 Å². The Hall–Kier alpha value is -1.29. The molecule has 0 heterocycles. The van der Waals surface area contributed by atoms with Gasteiger partial charge in [-0.1, -0.05) is 24.3 Å². The molecule has 3 nitrogen and oxygen atoms in total. The van der Waals surface area contributed by atoms with E-state index in [0.717, 1.165) is 22.0 Å². The van der Waals surface area contributed by atoms with Crippen molar-refractivity contribution in [3.63, 3.8) is 0 Å². The van der Waals surface area contributed by atoms with Gasteiger partial charge in [0.1, 0.15) is 0 Å². The summed E-state index contributed by atoms with van der Waals surface area (Å²) in [4.78, 5) is 0. The van der Waals surface area contributed by atoms with Crippen molar-refractivity contribution in [2.75, 3.05) is 17.7 Å². The van der Waals surface area contributed by atoms with Crippen molar-refractivity contribution < 1.29 is 10.2 Å². The number of nitrogens with one attached hydrogen (secondary N) is 1. The van der Waals surface area contributed by atoms with E-state index in [1.54, 1.807) is 0 Å². The van der Waals surface area contributed by atoms with Crippen LogP contribution in [0.3, 0.4) is 0 Å². The van der Waals surface area contributed by atoms with Gasteiger partial charge in [-0.25, -0.2) is 0 Å². The molecule has 1 unspecified atom stereocenters. The van der Waals surface area contributed by atoms with Crippen molar-refractivity contribution >= 4 is 28.1 Å². The number of hydrogen-bond acceptors (Lipinski definition) is 3. The Morgan fingerprint density at radius 1 is 1.17 bits per heavy atom. The van der Waals surface area contributed by atoms with Crippen LogP contribution in [0.4, 0.5) is 5.69 Å². The second-order valence-corrected chi connectivity index (χ2v) is 4.51. The van der Waals surface area contributed by atoms with Crippen LogP contribution in [-0.4, -0.2) is 28.7 Å². The second kappa shape index (κ2) is 6.05. The highest BCUT2D eigenvalue weighted by atomic mass is 35.5. The molecule has 96 valence electrons. The molecule has 2 rings (SSSR count). The number of benzene rings is 2. The molecule has 4 heteroatoms. The van der Waals surface area contributed by atoms with Gasteiger partial charge in [0.2, 0.25) is 0 Å². The highest BCUT2D eigenvalue weighted by molar-refractivity contribution is 6.18. The molecule has 0 saturated heterocycles. The van der Waals surface area contributed by atoms with Gasteiger partial charge < -0.3 is 15.5 Å². The van der Waals surface area contributed by atoms with Crippen LogP contribution in [0.15, 0.2) is 36.4 Å². The molecule has 18 heavy (non-hydrogen) atoms. The van der Waals surface area contributed by atoms with Crippen LogP contribution in [0.2, 0.25) is 0 Å². The standard InChI is InChI=1S/C14H16ClNO2/c15-7-13(18)8-16-14-6-11-4-2-1-3-10(11)5-12(14)9-17/h1-6,13,16-18H,7-9H2. The Morgan fingerprint density at radius 2 is 1.83 bits per heavy atom. The summed E-state index contributed by atoms with van der Waals surface area (Å²) in [5, 5.41) is 24.1. The molecule has 0 saturated carbocycles. The molecule has 0 aliphatic heterocycles. The lowest BCUT2D eigenvalue weighted by molar-refractivity contribution is 0.211. The molecular formula is C14H16ClNO2. The zero-order valence-corrected chi connectivity index (χ0v) is 10.7. The number of anilines is 1.